The highest BCUT2D eigenvalue weighted by Crippen LogP contribution is 2.18. The first-order valence-electron chi connectivity index (χ1n) is 5.29. The molecule has 2 heteroatoms. The Morgan fingerprint density at radius 3 is 3.07 bits per heavy atom. The van der Waals surface area contributed by atoms with Crippen molar-refractivity contribution in [2.24, 2.45) is 10.9 Å². The van der Waals surface area contributed by atoms with Crippen molar-refractivity contribution in [2.75, 3.05) is 0 Å². The Balaban J connectivity index is 1.98. The van der Waals surface area contributed by atoms with Crippen molar-refractivity contribution in [3.63, 3.8) is 0 Å². The van der Waals surface area contributed by atoms with Gasteiger partial charge in [-0.25, -0.2) is 4.99 Å². The first-order valence-corrected chi connectivity index (χ1v) is 5.29. The van der Waals surface area contributed by atoms with Crippen LogP contribution in [0.5, 0.6) is 0 Å². The van der Waals surface area contributed by atoms with Gasteiger partial charge in [0.15, 0.2) is 0 Å². The van der Waals surface area contributed by atoms with E-state index >= 15 is 0 Å². The SMILES string of the molecule is CC1C=NC(OC2=CC=CC=CC2)=CC1. The lowest BCUT2D eigenvalue weighted by Gasteiger charge is -2.12. The average molecular weight is 201 g/mol. The summed E-state index contributed by atoms with van der Waals surface area (Å²) < 4.78 is 5.68. The van der Waals surface area contributed by atoms with Gasteiger partial charge in [0.1, 0.15) is 5.76 Å². The fourth-order valence-corrected chi connectivity index (χ4v) is 1.44. The van der Waals surface area contributed by atoms with Crippen LogP contribution in [0.4, 0.5) is 0 Å². The fourth-order valence-electron chi connectivity index (χ4n) is 1.44. The van der Waals surface area contributed by atoms with Gasteiger partial charge in [-0.2, -0.15) is 0 Å². The molecule has 0 amide bonds. The van der Waals surface area contributed by atoms with Crippen LogP contribution in [0, 0.1) is 5.92 Å². The van der Waals surface area contributed by atoms with Crippen molar-refractivity contribution in [3.8, 4) is 0 Å². The largest absolute Gasteiger partial charge is 0.443 e. The third-order valence-electron chi connectivity index (χ3n) is 2.32. The number of hydrogen-bond donors (Lipinski definition) is 0. The molecule has 1 atom stereocenters. The predicted molar refractivity (Wildman–Crippen MR) is 62.4 cm³/mol. The van der Waals surface area contributed by atoms with E-state index in [0.29, 0.717) is 5.92 Å². The van der Waals surface area contributed by atoms with E-state index in [2.05, 4.69) is 18.0 Å². The molecule has 2 aliphatic rings. The lowest BCUT2D eigenvalue weighted by Crippen LogP contribution is -2.02. The van der Waals surface area contributed by atoms with Crippen LogP contribution in [0.1, 0.15) is 19.8 Å². The van der Waals surface area contributed by atoms with Crippen molar-refractivity contribution >= 4 is 6.21 Å². The van der Waals surface area contributed by atoms with Crippen molar-refractivity contribution in [1.82, 2.24) is 0 Å². The van der Waals surface area contributed by atoms with Gasteiger partial charge in [0.25, 0.3) is 0 Å². The van der Waals surface area contributed by atoms with E-state index in [1.807, 2.05) is 36.6 Å². The van der Waals surface area contributed by atoms with E-state index in [4.69, 9.17) is 4.74 Å². The van der Waals surface area contributed by atoms with Crippen LogP contribution >= 0.6 is 0 Å². The van der Waals surface area contributed by atoms with E-state index < -0.39 is 0 Å². The third kappa shape index (κ3) is 2.94. The lowest BCUT2D eigenvalue weighted by atomic mass is 10.1. The van der Waals surface area contributed by atoms with Crippen molar-refractivity contribution < 1.29 is 4.74 Å². The molecule has 0 N–H and O–H groups in total. The van der Waals surface area contributed by atoms with Crippen LogP contribution in [0.25, 0.3) is 0 Å². The van der Waals surface area contributed by atoms with E-state index in [9.17, 15) is 0 Å². The summed E-state index contributed by atoms with van der Waals surface area (Å²) in [4.78, 5) is 4.26. The van der Waals surface area contributed by atoms with Gasteiger partial charge in [0, 0.05) is 12.6 Å². The molecular weight excluding hydrogens is 186 g/mol. The van der Waals surface area contributed by atoms with Crippen LogP contribution in [0.3, 0.4) is 0 Å². The van der Waals surface area contributed by atoms with Gasteiger partial charge < -0.3 is 4.74 Å². The van der Waals surface area contributed by atoms with Gasteiger partial charge in [0.2, 0.25) is 5.88 Å². The Bertz CT molecular complexity index is 372. The molecule has 1 unspecified atom stereocenters. The second kappa shape index (κ2) is 4.78. The summed E-state index contributed by atoms with van der Waals surface area (Å²) in [5.74, 6) is 2.20. The Morgan fingerprint density at radius 2 is 2.27 bits per heavy atom. The quantitative estimate of drug-likeness (QED) is 0.671. The van der Waals surface area contributed by atoms with Crippen molar-refractivity contribution in [1.29, 1.82) is 0 Å². The number of nitrogens with zero attached hydrogens (tertiary/aromatic N) is 1. The fraction of sp³-hybridized carbons (Fsp3) is 0.308. The molecule has 0 aromatic carbocycles. The van der Waals surface area contributed by atoms with Gasteiger partial charge in [-0.3, -0.25) is 0 Å². The summed E-state index contributed by atoms with van der Waals surface area (Å²) in [5, 5.41) is 0. The van der Waals surface area contributed by atoms with Gasteiger partial charge in [0.05, 0.1) is 0 Å². The van der Waals surface area contributed by atoms with Crippen LogP contribution < -0.4 is 0 Å². The average Bonchev–Trinajstić information content (AvgIpc) is 2.50. The van der Waals surface area contributed by atoms with E-state index in [-0.39, 0.29) is 0 Å². The predicted octanol–water partition coefficient (Wildman–Crippen LogP) is 3.36. The maximum atomic E-state index is 5.68. The Hall–Kier alpha value is -1.57. The van der Waals surface area contributed by atoms with E-state index in [1.54, 1.807) is 0 Å². The molecule has 0 bridgehead atoms. The molecule has 0 aromatic heterocycles. The molecular formula is C13H15NO. The molecule has 0 radical (unpaired) electrons. The van der Waals surface area contributed by atoms with Crippen LogP contribution in [0.15, 0.2) is 53.1 Å². The van der Waals surface area contributed by atoms with Gasteiger partial charge in [-0.1, -0.05) is 31.2 Å². The van der Waals surface area contributed by atoms with Crippen molar-refractivity contribution in [3.05, 3.63) is 48.1 Å². The molecule has 0 saturated heterocycles. The zero-order valence-electron chi connectivity index (χ0n) is 8.89. The molecule has 78 valence electrons. The standard InChI is InChI=1S/C13H15NO/c1-11-8-9-13(14-10-11)15-12-6-4-2-3-5-7-12/h2-6,9-11H,7-8H2,1H3. The second-order valence-corrected chi connectivity index (χ2v) is 3.79. The molecule has 1 heterocycles. The number of ether oxygens (including phenoxy) is 1. The summed E-state index contributed by atoms with van der Waals surface area (Å²) in [7, 11) is 0. The molecule has 1 aliphatic heterocycles. The molecule has 0 fully saturated rings. The Kier molecular flexibility index (Phi) is 3.18. The summed E-state index contributed by atoms with van der Waals surface area (Å²) >= 11 is 0. The number of hydrogen-bond acceptors (Lipinski definition) is 2. The topological polar surface area (TPSA) is 21.6 Å². The van der Waals surface area contributed by atoms with Crippen LogP contribution in [-0.4, -0.2) is 6.21 Å². The normalized spacial score (nSPS) is 24.5. The maximum absolute atomic E-state index is 5.68. The highest BCUT2D eigenvalue weighted by atomic mass is 16.5. The zero-order chi connectivity index (χ0) is 10.5. The lowest BCUT2D eigenvalue weighted by molar-refractivity contribution is 0.291. The number of allylic oxidation sites excluding steroid dienone is 6. The third-order valence-corrected chi connectivity index (χ3v) is 2.32. The number of aliphatic imine (C=N–C) groups is 1. The smallest absolute Gasteiger partial charge is 0.214 e. The highest BCUT2D eigenvalue weighted by Gasteiger charge is 2.07. The zero-order valence-corrected chi connectivity index (χ0v) is 8.89. The van der Waals surface area contributed by atoms with Crippen LogP contribution in [-0.2, 0) is 4.74 Å². The second-order valence-electron chi connectivity index (χ2n) is 3.79. The van der Waals surface area contributed by atoms with E-state index in [0.717, 1.165) is 24.5 Å². The minimum absolute atomic E-state index is 0.528. The summed E-state index contributed by atoms with van der Waals surface area (Å²) in [6.45, 7) is 2.15. The molecule has 1 aliphatic carbocycles. The highest BCUT2D eigenvalue weighted by molar-refractivity contribution is 5.63. The van der Waals surface area contributed by atoms with Gasteiger partial charge in [-0.15, -0.1) is 0 Å². The Labute approximate surface area is 90.4 Å². The Morgan fingerprint density at radius 1 is 1.33 bits per heavy atom. The monoisotopic (exact) mass is 201 g/mol. The van der Waals surface area contributed by atoms with Crippen molar-refractivity contribution in [2.45, 2.75) is 19.8 Å². The number of rotatable bonds is 2. The summed E-state index contributed by atoms with van der Waals surface area (Å²) in [5.41, 5.74) is 0. The summed E-state index contributed by atoms with van der Waals surface area (Å²) in [6, 6.07) is 0. The molecule has 0 saturated carbocycles. The van der Waals surface area contributed by atoms with E-state index in [1.165, 1.54) is 0 Å². The first-order chi connectivity index (χ1) is 7.34. The summed E-state index contributed by atoms with van der Waals surface area (Å²) in [6.07, 6.45) is 15.9. The minimum Gasteiger partial charge on any atom is -0.443 e. The molecule has 15 heavy (non-hydrogen) atoms. The molecule has 2 rings (SSSR count). The van der Waals surface area contributed by atoms with Crippen LogP contribution in [0.2, 0.25) is 0 Å². The van der Waals surface area contributed by atoms with Gasteiger partial charge >= 0.3 is 0 Å². The van der Waals surface area contributed by atoms with Gasteiger partial charge in [-0.05, 0) is 24.5 Å². The molecule has 0 spiro atoms. The molecule has 0 aromatic rings. The first kappa shape index (κ1) is 9.97. The molecule has 2 nitrogen and oxygen atoms in total. The maximum Gasteiger partial charge on any atom is 0.214 e. The minimum atomic E-state index is 0.528.